The summed E-state index contributed by atoms with van der Waals surface area (Å²) >= 11 is 6.23. The van der Waals surface area contributed by atoms with Crippen LogP contribution in [-0.4, -0.2) is 53.8 Å². The van der Waals surface area contributed by atoms with E-state index in [9.17, 15) is 22.8 Å². The fourth-order valence-electron chi connectivity index (χ4n) is 3.19. The van der Waals surface area contributed by atoms with Crippen molar-refractivity contribution in [1.82, 2.24) is 15.3 Å². The van der Waals surface area contributed by atoms with Gasteiger partial charge >= 0.3 is 12.2 Å². The van der Waals surface area contributed by atoms with Gasteiger partial charge in [-0.1, -0.05) is 17.7 Å². The number of hydrogen-bond acceptors (Lipinski definition) is 5. The summed E-state index contributed by atoms with van der Waals surface area (Å²) in [7, 11) is 0. The molecule has 3 heterocycles. The van der Waals surface area contributed by atoms with E-state index in [0.29, 0.717) is 31.0 Å². The van der Waals surface area contributed by atoms with Gasteiger partial charge in [-0.15, -0.1) is 0 Å². The predicted molar refractivity (Wildman–Crippen MR) is 115 cm³/mol. The summed E-state index contributed by atoms with van der Waals surface area (Å²) in [5.74, 6) is -0.631. The van der Waals surface area contributed by atoms with E-state index < -0.39 is 29.9 Å². The fraction of sp³-hybridized carbons (Fsp3) is 0.400. The topological polar surface area (TPSA) is 90.5 Å². The maximum Gasteiger partial charge on any atom is 0.408 e. The first kappa shape index (κ1) is 23.6. The summed E-state index contributed by atoms with van der Waals surface area (Å²) in [6.45, 7) is 4.19. The number of rotatable bonds is 4. The lowest BCUT2D eigenvalue weighted by molar-refractivity contribution is -0.149. The highest BCUT2D eigenvalue weighted by atomic mass is 35.5. The molecule has 12 heteroatoms. The van der Waals surface area contributed by atoms with Crippen molar-refractivity contribution in [3.63, 3.8) is 0 Å². The van der Waals surface area contributed by atoms with Crippen LogP contribution in [0.4, 0.5) is 35.3 Å². The highest BCUT2D eigenvalue weighted by molar-refractivity contribution is 6.34. The molecule has 8 nitrogen and oxygen atoms in total. The zero-order valence-electron chi connectivity index (χ0n) is 17.4. The zero-order valence-corrected chi connectivity index (χ0v) is 18.2. The number of carbonyl (C=O) groups excluding carboxylic acids is 2. The molecule has 0 bridgehead atoms. The highest BCUT2D eigenvalue weighted by Crippen LogP contribution is 2.35. The zero-order chi connectivity index (χ0) is 23.5. The maximum atomic E-state index is 13.0. The summed E-state index contributed by atoms with van der Waals surface area (Å²) < 4.78 is 38.6. The third kappa shape index (κ3) is 5.21. The van der Waals surface area contributed by atoms with Crippen molar-refractivity contribution in [2.45, 2.75) is 32.5 Å². The number of fused-ring (bicyclic) bond motifs is 1. The van der Waals surface area contributed by atoms with E-state index in [0.717, 1.165) is 6.92 Å². The Labute approximate surface area is 187 Å². The van der Waals surface area contributed by atoms with Crippen molar-refractivity contribution in [2.75, 3.05) is 34.8 Å². The molecule has 2 N–H and O–H groups in total. The molecule has 1 atom stereocenters. The number of halogens is 4. The van der Waals surface area contributed by atoms with E-state index in [1.54, 1.807) is 18.2 Å². The Kier molecular flexibility index (Phi) is 7.07. The van der Waals surface area contributed by atoms with Gasteiger partial charge in [0, 0.05) is 25.8 Å². The second kappa shape index (κ2) is 9.60. The molecule has 32 heavy (non-hydrogen) atoms. The predicted octanol–water partition coefficient (Wildman–Crippen LogP) is 4.08. The third-order valence-corrected chi connectivity index (χ3v) is 5.21. The Morgan fingerprint density at radius 3 is 2.66 bits per heavy atom. The van der Waals surface area contributed by atoms with E-state index in [4.69, 9.17) is 11.6 Å². The van der Waals surface area contributed by atoms with E-state index in [2.05, 4.69) is 15.3 Å². The minimum atomic E-state index is -4.62. The number of nitrogens with one attached hydrogen (secondary N) is 2. The molecule has 1 aliphatic heterocycles. The van der Waals surface area contributed by atoms with Crippen molar-refractivity contribution in [3.05, 3.63) is 41.2 Å². The number of amides is 3. The van der Waals surface area contributed by atoms with Gasteiger partial charge in [0.1, 0.15) is 17.6 Å². The molecule has 0 spiro atoms. The molecular formula is C20H22ClF3N6O2. The number of alkyl halides is 3. The maximum absolute atomic E-state index is 13.0. The number of urea groups is 1. The number of pyridine rings is 2. The summed E-state index contributed by atoms with van der Waals surface area (Å²) in [6, 6.07) is 3.84. The number of nitrogens with zero attached hydrogens (tertiary/aromatic N) is 4. The van der Waals surface area contributed by atoms with Crippen LogP contribution >= 0.6 is 11.6 Å². The van der Waals surface area contributed by atoms with Crippen LogP contribution in [0.1, 0.15) is 30.8 Å². The molecule has 0 unspecified atom stereocenters. The smallest absolute Gasteiger partial charge is 0.369 e. The van der Waals surface area contributed by atoms with Crippen LogP contribution in [0.25, 0.3) is 0 Å². The fourth-order valence-corrected chi connectivity index (χ4v) is 3.42. The first-order chi connectivity index (χ1) is 15.1. The van der Waals surface area contributed by atoms with Crippen LogP contribution in [0.5, 0.6) is 0 Å². The van der Waals surface area contributed by atoms with Gasteiger partial charge in [0.25, 0.3) is 5.91 Å². The first-order valence-electron chi connectivity index (χ1n) is 9.94. The van der Waals surface area contributed by atoms with Crippen LogP contribution in [-0.2, 0) is 0 Å². The Bertz CT molecular complexity index is 989. The Morgan fingerprint density at radius 1 is 1.28 bits per heavy atom. The number of aromatic nitrogens is 2. The minimum Gasteiger partial charge on any atom is -0.369 e. The van der Waals surface area contributed by atoms with Crippen LogP contribution < -0.4 is 20.4 Å². The Hall–Kier alpha value is -3.08. The molecule has 0 aliphatic carbocycles. The normalized spacial score (nSPS) is 14.9. The van der Waals surface area contributed by atoms with Crippen molar-refractivity contribution < 1.29 is 22.8 Å². The average molecular weight is 471 g/mol. The van der Waals surface area contributed by atoms with Crippen LogP contribution in [0.3, 0.4) is 0 Å². The molecule has 2 aromatic heterocycles. The van der Waals surface area contributed by atoms with Gasteiger partial charge in [-0.25, -0.2) is 14.8 Å². The number of hydrogen-bond donors (Lipinski definition) is 2. The third-order valence-electron chi connectivity index (χ3n) is 4.92. The summed E-state index contributed by atoms with van der Waals surface area (Å²) in [6.07, 6.45) is -2.50. The minimum absolute atomic E-state index is 0.110. The Morgan fingerprint density at radius 2 is 2.03 bits per heavy atom. The molecule has 1 aliphatic rings. The summed E-state index contributed by atoms with van der Waals surface area (Å²) in [5, 5.41) is 4.41. The molecule has 172 valence electrons. The van der Waals surface area contributed by atoms with Gasteiger partial charge in [-0.05, 0) is 38.5 Å². The second-order valence-electron chi connectivity index (χ2n) is 7.13. The monoisotopic (exact) mass is 470 g/mol. The van der Waals surface area contributed by atoms with Crippen LogP contribution in [0.2, 0.25) is 5.02 Å². The van der Waals surface area contributed by atoms with Gasteiger partial charge in [0.2, 0.25) is 0 Å². The number of anilines is 3. The molecule has 0 saturated carbocycles. The van der Waals surface area contributed by atoms with Gasteiger partial charge in [0.05, 0.1) is 10.7 Å². The summed E-state index contributed by atoms with van der Waals surface area (Å²) in [5.41, 5.74) is 0.113. The average Bonchev–Trinajstić information content (AvgIpc) is 2.91. The molecular weight excluding hydrogens is 449 g/mol. The molecule has 3 amide bonds. The number of carbonyl (C=O) groups is 2. The summed E-state index contributed by atoms with van der Waals surface area (Å²) in [4.78, 5) is 37.1. The molecule has 0 radical (unpaired) electrons. The second-order valence-corrected chi connectivity index (χ2v) is 7.54. The first-order valence-corrected chi connectivity index (χ1v) is 10.3. The lowest BCUT2D eigenvalue weighted by Crippen LogP contribution is -2.43. The molecule has 3 rings (SSSR count). The molecule has 0 aromatic carbocycles. The van der Waals surface area contributed by atoms with Crippen molar-refractivity contribution in [1.29, 1.82) is 0 Å². The van der Waals surface area contributed by atoms with E-state index in [1.807, 2.05) is 17.1 Å². The van der Waals surface area contributed by atoms with E-state index in [-0.39, 0.29) is 17.4 Å². The molecule has 0 fully saturated rings. The van der Waals surface area contributed by atoms with Crippen LogP contribution in [0.15, 0.2) is 30.5 Å². The standard InChI is InChI=1S/C20H22ClF3N6O2/c1-3-29-9-6-10-30(19(32)27-15-7-4-5-8-25-15)17-14(29)11-13(21)16(28-17)18(31)26-12(2)20(22,23)24/h4-5,7-8,11-12H,3,6,9-10H2,1-2H3,(H,26,31)(H,25,27,32)/t12-/m1/s1. The highest BCUT2D eigenvalue weighted by Gasteiger charge is 2.38. The molecule has 2 aromatic rings. The van der Waals surface area contributed by atoms with Crippen molar-refractivity contribution in [2.24, 2.45) is 0 Å². The largest absolute Gasteiger partial charge is 0.408 e. The van der Waals surface area contributed by atoms with Gasteiger partial charge < -0.3 is 10.2 Å². The van der Waals surface area contributed by atoms with E-state index >= 15 is 0 Å². The SMILES string of the molecule is CCN1CCCN(C(=O)Nc2ccccn2)c2nc(C(=O)N[C@H](C)C(F)(F)F)c(Cl)cc21. The van der Waals surface area contributed by atoms with E-state index in [1.165, 1.54) is 17.2 Å². The lowest BCUT2D eigenvalue weighted by Gasteiger charge is -2.26. The van der Waals surface area contributed by atoms with Gasteiger partial charge in [-0.2, -0.15) is 13.2 Å². The quantitative estimate of drug-likeness (QED) is 0.702. The van der Waals surface area contributed by atoms with Gasteiger partial charge in [-0.3, -0.25) is 15.0 Å². The van der Waals surface area contributed by atoms with Crippen molar-refractivity contribution in [3.8, 4) is 0 Å². The van der Waals surface area contributed by atoms with Gasteiger partial charge in [0.15, 0.2) is 5.82 Å². The molecule has 0 saturated heterocycles. The lowest BCUT2D eigenvalue weighted by atomic mass is 10.2. The van der Waals surface area contributed by atoms with Crippen molar-refractivity contribution >= 4 is 40.9 Å². The Balaban J connectivity index is 1.99. The van der Waals surface area contributed by atoms with Crippen LogP contribution in [0, 0.1) is 0 Å².